The standard InChI is InChI=1S/C20H17Cl2N3O/c1-24(19(26)11-10-16-6-5-9-18(21)20(16)22)13-15-12-23-25(14-15)17-7-3-2-4-8-17/h2-12,14H,13H2,1H3/b11-10+. The van der Waals surface area contributed by atoms with Crippen molar-refractivity contribution in [1.82, 2.24) is 14.7 Å². The minimum Gasteiger partial charge on any atom is -0.338 e. The molecule has 0 aliphatic rings. The number of rotatable bonds is 5. The number of halogens is 2. The van der Waals surface area contributed by atoms with Gasteiger partial charge in [-0.2, -0.15) is 5.10 Å². The van der Waals surface area contributed by atoms with Crippen LogP contribution in [0, 0.1) is 0 Å². The normalized spacial score (nSPS) is 11.0. The molecule has 3 aromatic rings. The topological polar surface area (TPSA) is 38.1 Å². The molecule has 132 valence electrons. The zero-order valence-corrected chi connectivity index (χ0v) is 15.7. The molecule has 1 amide bonds. The third kappa shape index (κ3) is 4.34. The van der Waals surface area contributed by atoms with Crippen molar-refractivity contribution in [3.8, 4) is 5.69 Å². The van der Waals surface area contributed by atoms with Gasteiger partial charge in [0.25, 0.3) is 0 Å². The molecule has 0 aliphatic carbocycles. The lowest BCUT2D eigenvalue weighted by Crippen LogP contribution is -2.23. The van der Waals surface area contributed by atoms with Crippen molar-refractivity contribution in [1.29, 1.82) is 0 Å². The van der Waals surface area contributed by atoms with E-state index in [0.717, 1.165) is 11.3 Å². The van der Waals surface area contributed by atoms with Crippen LogP contribution in [0.15, 0.2) is 67.0 Å². The molecule has 6 heteroatoms. The Morgan fingerprint density at radius 3 is 2.69 bits per heavy atom. The number of benzene rings is 2. The van der Waals surface area contributed by atoms with Gasteiger partial charge in [0.2, 0.25) is 5.91 Å². The van der Waals surface area contributed by atoms with Crippen LogP contribution in [0.1, 0.15) is 11.1 Å². The summed E-state index contributed by atoms with van der Waals surface area (Å²) in [6, 6.07) is 15.1. The highest BCUT2D eigenvalue weighted by atomic mass is 35.5. The van der Waals surface area contributed by atoms with Gasteiger partial charge in [-0.1, -0.05) is 53.5 Å². The van der Waals surface area contributed by atoms with Crippen LogP contribution in [0.2, 0.25) is 10.0 Å². The second-order valence-corrected chi connectivity index (χ2v) is 6.58. The van der Waals surface area contributed by atoms with Crippen molar-refractivity contribution in [2.75, 3.05) is 7.05 Å². The lowest BCUT2D eigenvalue weighted by Gasteiger charge is -2.13. The van der Waals surface area contributed by atoms with Crippen LogP contribution in [0.25, 0.3) is 11.8 Å². The van der Waals surface area contributed by atoms with E-state index < -0.39 is 0 Å². The van der Waals surface area contributed by atoms with E-state index in [4.69, 9.17) is 23.2 Å². The molecule has 0 spiro atoms. The van der Waals surface area contributed by atoms with E-state index >= 15 is 0 Å². The lowest BCUT2D eigenvalue weighted by molar-refractivity contribution is -0.125. The zero-order valence-electron chi connectivity index (χ0n) is 14.1. The van der Waals surface area contributed by atoms with E-state index in [1.165, 1.54) is 6.08 Å². The predicted octanol–water partition coefficient (Wildman–Crippen LogP) is 4.85. The fraction of sp³-hybridized carbons (Fsp3) is 0.100. The van der Waals surface area contributed by atoms with Gasteiger partial charge in [0.1, 0.15) is 0 Å². The Morgan fingerprint density at radius 2 is 1.92 bits per heavy atom. The molecule has 0 unspecified atom stereocenters. The molecule has 3 rings (SSSR count). The summed E-state index contributed by atoms with van der Waals surface area (Å²) >= 11 is 12.1. The molecule has 0 saturated carbocycles. The summed E-state index contributed by atoms with van der Waals surface area (Å²) in [5.74, 6) is -0.131. The van der Waals surface area contributed by atoms with Gasteiger partial charge in [-0.05, 0) is 29.8 Å². The minimum absolute atomic E-state index is 0.131. The highest BCUT2D eigenvalue weighted by Crippen LogP contribution is 2.26. The monoisotopic (exact) mass is 385 g/mol. The van der Waals surface area contributed by atoms with E-state index in [-0.39, 0.29) is 5.91 Å². The smallest absolute Gasteiger partial charge is 0.246 e. The molecular formula is C20H17Cl2N3O. The van der Waals surface area contributed by atoms with Crippen molar-refractivity contribution < 1.29 is 4.79 Å². The fourth-order valence-corrected chi connectivity index (χ4v) is 2.82. The number of hydrogen-bond donors (Lipinski definition) is 0. The molecule has 0 atom stereocenters. The van der Waals surface area contributed by atoms with Gasteiger partial charge in [-0.3, -0.25) is 4.79 Å². The lowest BCUT2D eigenvalue weighted by atomic mass is 10.2. The number of nitrogens with zero attached hydrogens (tertiary/aromatic N) is 3. The van der Waals surface area contributed by atoms with E-state index in [1.54, 1.807) is 41.0 Å². The van der Waals surface area contributed by atoms with Gasteiger partial charge in [-0.15, -0.1) is 0 Å². The van der Waals surface area contributed by atoms with Crippen LogP contribution in [0.3, 0.4) is 0 Å². The number of hydrogen-bond acceptors (Lipinski definition) is 2. The summed E-state index contributed by atoms with van der Waals surface area (Å²) in [5, 5.41) is 5.24. The van der Waals surface area contributed by atoms with Crippen molar-refractivity contribution in [3.63, 3.8) is 0 Å². The Kier molecular flexibility index (Phi) is 5.76. The predicted molar refractivity (Wildman–Crippen MR) is 106 cm³/mol. The Bertz CT molecular complexity index is 935. The summed E-state index contributed by atoms with van der Waals surface area (Å²) in [6.07, 6.45) is 6.82. The molecule has 4 nitrogen and oxygen atoms in total. The Hall–Kier alpha value is -2.56. The maximum Gasteiger partial charge on any atom is 0.246 e. The number of para-hydroxylation sites is 1. The van der Waals surface area contributed by atoms with Crippen molar-refractivity contribution >= 4 is 35.2 Å². The molecule has 1 aromatic heterocycles. The van der Waals surface area contributed by atoms with Gasteiger partial charge in [0, 0.05) is 31.4 Å². The van der Waals surface area contributed by atoms with Crippen molar-refractivity contribution in [2.24, 2.45) is 0 Å². The maximum absolute atomic E-state index is 12.3. The molecular weight excluding hydrogens is 369 g/mol. The first-order valence-corrected chi connectivity index (χ1v) is 8.76. The fourth-order valence-electron chi connectivity index (χ4n) is 2.45. The molecule has 1 heterocycles. The van der Waals surface area contributed by atoms with Crippen LogP contribution in [0.5, 0.6) is 0 Å². The summed E-state index contributed by atoms with van der Waals surface area (Å²) < 4.78 is 1.79. The summed E-state index contributed by atoms with van der Waals surface area (Å²) in [5.41, 5.74) is 2.62. The van der Waals surface area contributed by atoms with E-state index in [2.05, 4.69) is 5.10 Å². The number of likely N-dealkylation sites (N-methyl/N-ethyl adjacent to an activating group) is 1. The third-order valence-corrected chi connectivity index (χ3v) is 4.67. The molecule has 0 bridgehead atoms. The largest absolute Gasteiger partial charge is 0.338 e. The Morgan fingerprint density at radius 1 is 1.15 bits per heavy atom. The maximum atomic E-state index is 12.3. The van der Waals surface area contributed by atoms with Gasteiger partial charge in [0.15, 0.2) is 0 Å². The summed E-state index contributed by atoms with van der Waals surface area (Å²) in [7, 11) is 1.74. The highest BCUT2D eigenvalue weighted by molar-refractivity contribution is 6.42. The molecule has 0 saturated heterocycles. The van der Waals surface area contributed by atoms with Gasteiger partial charge in [0.05, 0.1) is 21.9 Å². The quantitative estimate of drug-likeness (QED) is 0.588. The van der Waals surface area contributed by atoms with Gasteiger partial charge < -0.3 is 4.90 Å². The van der Waals surface area contributed by atoms with Crippen LogP contribution in [-0.2, 0) is 11.3 Å². The number of amides is 1. The SMILES string of the molecule is CN(Cc1cnn(-c2ccccc2)c1)C(=O)/C=C/c1cccc(Cl)c1Cl. The number of aromatic nitrogens is 2. The minimum atomic E-state index is -0.131. The van der Waals surface area contributed by atoms with Gasteiger partial charge >= 0.3 is 0 Å². The van der Waals surface area contributed by atoms with E-state index in [1.807, 2.05) is 42.6 Å². The highest BCUT2D eigenvalue weighted by Gasteiger charge is 2.09. The number of carbonyl (C=O) groups is 1. The van der Waals surface area contributed by atoms with E-state index in [0.29, 0.717) is 22.2 Å². The molecule has 0 N–H and O–H groups in total. The first-order valence-electron chi connectivity index (χ1n) is 8.01. The first kappa shape index (κ1) is 18.2. The summed E-state index contributed by atoms with van der Waals surface area (Å²) in [6.45, 7) is 0.458. The Balaban J connectivity index is 1.65. The second-order valence-electron chi connectivity index (χ2n) is 5.80. The number of carbonyl (C=O) groups excluding carboxylic acids is 1. The average molecular weight is 386 g/mol. The molecule has 26 heavy (non-hydrogen) atoms. The summed E-state index contributed by atoms with van der Waals surface area (Å²) in [4.78, 5) is 13.9. The molecule has 0 fully saturated rings. The molecule has 0 radical (unpaired) electrons. The third-order valence-electron chi connectivity index (χ3n) is 3.84. The van der Waals surface area contributed by atoms with Crippen LogP contribution in [-0.4, -0.2) is 27.6 Å². The van der Waals surface area contributed by atoms with Crippen LogP contribution < -0.4 is 0 Å². The van der Waals surface area contributed by atoms with Crippen molar-refractivity contribution in [2.45, 2.75) is 6.54 Å². The van der Waals surface area contributed by atoms with Crippen LogP contribution in [0.4, 0.5) is 0 Å². The molecule has 0 aliphatic heterocycles. The van der Waals surface area contributed by atoms with Crippen LogP contribution >= 0.6 is 23.2 Å². The van der Waals surface area contributed by atoms with E-state index in [9.17, 15) is 4.79 Å². The van der Waals surface area contributed by atoms with Gasteiger partial charge in [-0.25, -0.2) is 4.68 Å². The first-order chi connectivity index (χ1) is 12.5. The average Bonchev–Trinajstić information content (AvgIpc) is 3.12. The zero-order chi connectivity index (χ0) is 18.5. The molecule has 2 aromatic carbocycles. The second kappa shape index (κ2) is 8.21. The Labute approximate surface area is 162 Å². The van der Waals surface area contributed by atoms with Crippen molar-refractivity contribution in [3.05, 3.63) is 88.2 Å².